The van der Waals surface area contributed by atoms with E-state index in [0.717, 1.165) is 5.56 Å². The number of hydrogen-bond acceptors (Lipinski definition) is 5. The molecular weight excluding hydrogens is 364 g/mol. The molecule has 142 valence electrons. The summed E-state index contributed by atoms with van der Waals surface area (Å²) < 4.78 is 31.7. The number of carbonyl (C=O) groups excluding carboxylic acids is 1. The van der Waals surface area contributed by atoms with Crippen LogP contribution in [0.5, 0.6) is 0 Å². The Balaban J connectivity index is 1.52. The second-order valence-corrected chi connectivity index (χ2v) is 8.29. The first-order chi connectivity index (χ1) is 12.9. The highest BCUT2D eigenvalue weighted by Crippen LogP contribution is 2.22. The average Bonchev–Trinajstić information content (AvgIpc) is 2.91. The third kappa shape index (κ3) is 4.54. The molecule has 0 unspecified atom stereocenters. The van der Waals surface area contributed by atoms with Crippen LogP contribution in [0.2, 0.25) is 0 Å². The predicted octanol–water partition coefficient (Wildman–Crippen LogP) is 2.98. The number of fused-ring (bicyclic) bond motifs is 1. The number of nitrogens with zero attached hydrogens (tertiary/aromatic N) is 1. The lowest BCUT2D eigenvalue weighted by Crippen LogP contribution is -2.22. The summed E-state index contributed by atoms with van der Waals surface area (Å²) in [6.07, 6.45) is 0.0808. The van der Waals surface area contributed by atoms with Crippen LogP contribution in [0.1, 0.15) is 42.9 Å². The maximum atomic E-state index is 12.0. The van der Waals surface area contributed by atoms with Crippen LogP contribution < -0.4 is 4.72 Å². The second-order valence-electron chi connectivity index (χ2n) is 6.64. The highest BCUT2D eigenvalue weighted by Gasteiger charge is 2.29. The molecule has 0 spiro atoms. The van der Waals surface area contributed by atoms with Gasteiger partial charge < -0.3 is 4.74 Å². The quantitative estimate of drug-likeness (QED) is 0.774. The molecule has 0 saturated carbocycles. The minimum absolute atomic E-state index is 0.0808. The Morgan fingerprint density at radius 3 is 2.52 bits per heavy atom. The number of benzene rings is 2. The van der Waals surface area contributed by atoms with Gasteiger partial charge in [0.25, 0.3) is 10.0 Å². The van der Waals surface area contributed by atoms with E-state index >= 15 is 0 Å². The molecule has 0 fully saturated rings. The van der Waals surface area contributed by atoms with Crippen molar-refractivity contribution in [3.63, 3.8) is 0 Å². The summed E-state index contributed by atoms with van der Waals surface area (Å²) in [4.78, 5) is 16.3. The van der Waals surface area contributed by atoms with Crippen molar-refractivity contribution in [1.29, 1.82) is 0 Å². The van der Waals surface area contributed by atoms with E-state index < -0.39 is 10.0 Å². The first-order valence-electron chi connectivity index (χ1n) is 8.78. The van der Waals surface area contributed by atoms with Crippen molar-refractivity contribution in [2.45, 2.75) is 37.7 Å². The van der Waals surface area contributed by atoms with E-state index in [1.807, 2.05) is 24.3 Å². The molecule has 1 N–H and O–H groups in total. The summed E-state index contributed by atoms with van der Waals surface area (Å²) in [5.74, 6) is 0.350. The maximum Gasteiger partial charge on any atom is 0.308 e. The van der Waals surface area contributed by atoms with Crippen LogP contribution in [0.25, 0.3) is 0 Å². The number of sulfonamides is 1. The zero-order valence-corrected chi connectivity index (χ0v) is 16.1. The Labute approximate surface area is 159 Å². The lowest BCUT2D eigenvalue weighted by Gasteiger charge is -2.07. The number of carbonyl (C=O) groups is 1. The molecule has 1 aliphatic heterocycles. The smallest absolute Gasteiger partial charge is 0.308 e. The van der Waals surface area contributed by atoms with Crippen molar-refractivity contribution in [2.24, 2.45) is 4.99 Å². The maximum absolute atomic E-state index is 12.0. The van der Waals surface area contributed by atoms with Gasteiger partial charge in [0.05, 0.1) is 17.9 Å². The molecule has 2 aromatic carbocycles. The standard InChI is InChI=1S/C20H22N2O4S/c1-14(2)16-9-7-15(8-10-16)13-26-19(23)11-12-21-20-17-5-3-4-6-18(17)27(24,25)22-20/h3-10,14H,11-13H2,1-2H3,(H,21,22). The van der Waals surface area contributed by atoms with E-state index in [-0.39, 0.29) is 36.3 Å². The normalized spacial score (nSPS) is 16.2. The molecule has 0 aromatic heterocycles. The molecule has 0 amide bonds. The van der Waals surface area contributed by atoms with Gasteiger partial charge in [0.1, 0.15) is 12.4 Å². The van der Waals surface area contributed by atoms with Gasteiger partial charge in [-0.2, -0.15) is 0 Å². The minimum Gasteiger partial charge on any atom is -0.461 e. The third-order valence-corrected chi connectivity index (χ3v) is 5.69. The number of esters is 1. The van der Waals surface area contributed by atoms with Crippen LogP contribution in [-0.2, 0) is 26.2 Å². The molecule has 0 atom stereocenters. The lowest BCUT2D eigenvalue weighted by atomic mass is 10.0. The van der Waals surface area contributed by atoms with Crippen molar-refractivity contribution >= 4 is 21.8 Å². The van der Waals surface area contributed by atoms with E-state index in [4.69, 9.17) is 4.74 Å². The number of amidine groups is 1. The Hall–Kier alpha value is -2.67. The zero-order valence-electron chi connectivity index (χ0n) is 15.3. The van der Waals surface area contributed by atoms with Crippen molar-refractivity contribution < 1.29 is 17.9 Å². The SMILES string of the molecule is CC(C)c1ccc(COC(=O)CCN=C2NS(=O)(=O)c3ccccc32)cc1. The summed E-state index contributed by atoms with van der Waals surface area (Å²) in [5, 5.41) is 0. The van der Waals surface area contributed by atoms with Crippen LogP contribution in [-0.4, -0.2) is 26.8 Å². The van der Waals surface area contributed by atoms with Gasteiger partial charge in [0.15, 0.2) is 0 Å². The topological polar surface area (TPSA) is 84.8 Å². The van der Waals surface area contributed by atoms with Crippen LogP contribution in [0.3, 0.4) is 0 Å². The largest absolute Gasteiger partial charge is 0.461 e. The number of nitrogens with one attached hydrogen (secondary N) is 1. The van der Waals surface area contributed by atoms with Gasteiger partial charge in [-0.3, -0.25) is 14.5 Å². The summed E-state index contributed by atoms with van der Waals surface area (Å²) in [7, 11) is -3.56. The summed E-state index contributed by atoms with van der Waals surface area (Å²) in [6, 6.07) is 14.6. The predicted molar refractivity (Wildman–Crippen MR) is 103 cm³/mol. The average molecular weight is 386 g/mol. The molecule has 2 aromatic rings. The molecule has 27 heavy (non-hydrogen) atoms. The molecule has 1 heterocycles. The first kappa shape index (κ1) is 19.1. The Morgan fingerprint density at radius 1 is 1.11 bits per heavy atom. The van der Waals surface area contributed by atoms with E-state index in [1.54, 1.807) is 18.2 Å². The Kier molecular flexibility index (Phi) is 5.60. The summed E-state index contributed by atoms with van der Waals surface area (Å²) in [6.45, 7) is 4.61. The minimum atomic E-state index is -3.56. The van der Waals surface area contributed by atoms with Gasteiger partial charge in [0, 0.05) is 5.56 Å². The fourth-order valence-electron chi connectivity index (χ4n) is 2.75. The van der Waals surface area contributed by atoms with E-state index in [2.05, 4.69) is 23.6 Å². The molecule has 7 heteroatoms. The van der Waals surface area contributed by atoms with E-state index in [0.29, 0.717) is 11.5 Å². The van der Waals surface area contributed by atoms with Crippen molar-refractivity contribution in [3.8, 4) is 0 Å². The van der Waals surface area contributed by atoms with Gasteiger partial charge in [0.2, 0.25) is 0 Å². The summed E-state index contributed by atoms with van der Waals surface area (Å²) in [5.41, 5.74) is 2.69. The van der Waals surface area contributed by atoms with Crippen LogP contribution in [0.4, 0.5) is 0 Å². The van der Waals surface area contributed by atoms with Crippen molar-refractivity contribution in [1.82, 2.24) is 4.72 Å². The monoisotopic (exact) mass is 386 g/mol. The third-order valence-electron chi connectivity index (χ3n) is 4.29. The zero-order chi connectivity index (χ0) is 19.4. The van der Waals surface area contributed by atoms with Gasteiger partial charge in [-0.15, -0.1) is 0 Å². The molecular formula is C20H22N2O4S. The van der Waals surface area contributed by atoms with Gasteiger partial charge >= 0.3 is 5.97 Å². The fraction of sp³-hybridized carbons (Fsp3) is 0.300. The summed E-state index contributed by atoms with van der Waals surface area (Å²) >= 11 is 0. The highest BCUT2D eigenvalue weighted by molar-refractivity contribution is 7.90. The second kappa shape index (κ2) is 7.92. The van der Waals surface area contributed by atoms with Crippen molar-refractivity contribution in [3.05, 3.63) is 65.2 Å². The molecule has 1 aliphatic rings. The molecule has 0 bridgehead atoms. The van der Waals surface area contributed by atoms with Crippen molar-refractivity contribution in [2.75, 3.05) is 6.54 Å². The lowest BCUT2D eigenvalue weighted by molar-refractivity contribution is -0.144. The Bertz CT molecular complexity index is 964. The van der Waals surface area contributed by atoms with Crippen LogP contribution in [0.15, 0.2) is 58.4 Å². The van der Waals surface area contributed by atoms with E-state index in [1.165, 1.54) is 11.6 Å². The molecule has 6 nitrogen and oxygen atoms in total. The van der Waals surface area contributed by atoms with E-state index in [9.17, 15) is 13.2 Å². The highest BCUT2D eigenvalue weighted by atomic mass is 32.2. The van der Waals surface area contributed by atoms with Crippen LogP contribution in [0, 0.1) is 0 Å². The number of aliphatic imine (C=N–C) groups is 1. The number of hydrogen-bond donors (Lipinski definition) is 1. The van der Waals surface area contributed by atoms with Gasteiger partial charge in [-0.05, 0) is 29.2 Å². The van der Waals surface area contributed by atoms with Crippen LogP contribution >= 0.6 is 0 Å². The molecule has 0 saturated heterocycles. The Morgan fingerprint density at radius 2 is 1.81 bits per heavy atom. The number of ether oxygens (including phenoxy) is 1. The van der Waals surface area contributed by atoms with Gasteiger partial charge in [-0.25, -0.2) is 8.42 Å². The molecule has 0 radical (unpaired) electrons. The fourth-order valence-corrected chi connectivity index (χ4v) is 4.00. The molecule has 0 aliphatic carbocycles. The molecule has 3 rings (SSSR count). The first-order valence-corrected chi connectivity index (χ1v) is 10.3. The van der Waals surface area contributed by atoms with Gasteiger partial charge in [-0.1, -0.05) is 50.2 Å². The number of rotatable bonds is 6.